The highest BCUT2D eigenvalue weighted by Gasteiger charge is 2.37. The van der Waals surface area contributed by atoms with Crippen LogP contribution in [-0.4, -0.2) is 17.1 Å². The Labute approximate surface area is 173 Å². The second-order valence-electron chi connectivity index (χ2n) is 7.30. The van der Waals surface area contributed by atoms with Gasteiger partial charge in [0.25, 0.3) is 5.56 Å². The molecule has 0 fully saturated rings. The summed E-state index contributed by atoms with van der Waals surface area (Å²) in [6.07, 6.45) is 8.91. The Morgan fingerprint density at radius 3 is 2.79 bits per heavy atom. The number of aromatic nitrogens is 1. The van der Waals surface area contributed by atoms with E-state index in [1.54, 1.807) is 11.5 Å². The molecule has 0 bridgehead atoms. The number of hydrogen-bond acceptors (Lipinski definition) is 5. The molecule has 2 heterocycles. The summed E-state index contributed by atoms with van der Waals surface area (Å²) in [4.78, 5) is 31.5. The van der Waals surface area contributed by atoms with Gasteiger partial charge in [-0.3, -0.25) is 9.36 Å². The van der Waals surface area contributed by atoms with E-state index in [2.05, 4.69) is 17.1 Å². The molecule has 29 heavy (non-hydrogen) atoms. The second-order valence-corrected chi connectivity index (χ2v) is 8.31. The summed E-state index contributed by atoms with van der Waals surface area (Å²) in [7, 11) is 0. The topological polar surface area (TPSA) is 60.7 Å². The Bertz CT molecular complexity index is 1150. The van der Waals surface area contributed by atoms with E-state index < -0.39 is 0 Å². The fourth-order valence-electron chi connectivity index (χ4n) is 4.09. The summed E-state index contributed by atoms with van der Waals surface area (Å²) in [6.45, 7) is 3.93. The number of fused-ring (bicyclic) bond motifs is 1. The molecule has 0 saturated carbocycles. The van der Waals surface area contributed by atoms with Gasteiger partial charge < -0.3 is 4.74 Å². The van der Waals surface area contributed by atoms with Crippen molar-refractivity contribution in [1.82, 2.24) is 4.57 Å². The predicted molar refractivity (Wildman–Crippen MR) is 114 cm³/mol. The normalized spacial score (nSPS) is 21.7. The van der Waals surface area contributed by atoms with Crippen LogP contribution < -0.4 is 14.9 Å². The van der Waals surface area contributed by atoms with E-state index in [0.717, 1.165) is 24.8 Å². The van der Waals surface area contributed by atoms with E-state index in [4.69, 9.17) is 4.74 Å². The van der Waals surface area contributed by atoms with Crippen molar-refractivity contribution in [2.24, 2.45) is 10.9 Å². The van der Waals surface area contributed by atoms with Crippen LogP contribution >= 0.6 is 11.3 Å². The Balaban J connectivity index is 1.90. The van der Waals surface area contributed by atoms with Gasteiger partial charge in [-0.15, -0.1) is 0 Å². The van der Waals surface area contributed by atoms with E-state index in [-0.39, 0.29) is 23.5 Å². The number of rotatable bonds is 4. The molecule has 2 aliphatic rings. The standard InChI is InChI=1S/C23H24N2O3S/c1-3-28-22(27)19-15(2)24-23-25(20(19)17-12-8-5-9-13-17)21(26)18(29-23)14-16-10-6-4-7-11-16/h4-8,10-11,14,17,20H,3,9,12-13H2,1-2H3/b18-14-/t17-,20+/m1/s1. The third kappa shape index (κ3) is 3.77. The van der Waals surface area contributed by atoms with Gasteiger partial charge in [0.2, 0.25) is 0 Å². The van der Waals surface area contributed by atoms with Crippen LogP contribution in [0.4, 0.5) is 0 Å². The molecule has 0 spiro atoms. The maximum atomic E-state index is 13.4. The third-order valence-corrected chi connectivity index (χ3v) is 6.40. The zero-order chi connectivity index (χ0) is 20.4. The highest BCUT2D eigenvalue weighted by atomic mass is 32.1. The van der Waals surface area contributed by atoms with Crippen molar-refractivity contribution in [2.45, 2.75) is 39.2 Å². The first-order valence-electron chi connectivity index (χ1n) is 10.00. The Kier molecular flexibility index (Phi) is 5.62. The molecule has 0 amide bonds. The molecule has 1 aromatic carbocycles. The van der Waals surface area contributed by atoms with Crippen LogP contribution in [-0.2, 0) is 9.53 Å². The number of hydrogen-bond donors (Lipinski definition) is 0. The molecule has 0 radical (unpaired) electrons. The van der Waals surface area contributed by atoms with E-state index in [9.17, 15) is 9.59 Å². The molecule has 1 aliphatic heterocycles. The number of carbonyl (C=O) groups is 1. The maximum Gasteiger partial charge on any atom is 0.337 e. The molecule has 0 N–H and O–H groups in total. The van der Waals surface area contributed by atoms with Crippen molar-refractivity contribution in [3.05, 3.63) is 79.0 Å². The van der Waals surface area contributed by atoms with E-state index in [1.165, 1.54) is 11.3 Å². The third-order valence-electron chi connectivity index (χ3n) is 5.41. The highest BCUT2D eigenvalue weighted by molar-refractivity contribution is 7.07. The minimum atomic E-state index is -0.370. The SMILES string of the molecule is CCOC(=O)C1=C(C)N=c2s/c(=C\c3ccccc3)c(=O)n2[C@H]1[C@@H]1CC=CCC1. The average molecular weight is 409 g/mol. The zero-order valence-electron chi connectivity index (χ0n) is 16.6. The summed E-state index contributed by atoms with van der Waals surface area (Å²) < 4.78 is 7.69. The largest absolute Gasteiger partial charge is 0.463 e. The quantitative estimate of drug-likeness (QED) is 0.577. The van der Waals surface area contributed by atoms with Gasteiger partial charge in [-0.1, -0.05) is 53.8 Å². The molecule has 5 nitrogen and oxygen atoms in total. The predicted octanol–water partition coefficient (Wildman–Crippen LogP) is 3.11. The fourth-order valence-corrected chi connectivity index (χ4v) is 5.14. The number of allylic oxidation sites excluding steroid dienone is 3. The molecule has 6 heteroatoms. The molecule has 1 aliphatic carbocycles. The minimum Gasteiger partial charge on any atom is -0.463 e. The molecule has 4 rings (SSSR count). The molecule has 150 valence electrons. The first-order valence-corrected chi connectivity index (χ1v) is 10.8. The van der Waals surface area contributed by atoms with Crippen LogP contribution in [0.5, 0.6) is 0 Å². The molecule has 2 atom stereocenters. The first kappa shape index (κ1) is 19.6. The molecular formula is C23H24N2O3S. The molecule has 1 aromatic heterocycles. The zero-order valence-corrected chi connectivity index (χ0v) is 17.4. The van der Waals surface area contributed by atoms with Crippen LogP contribution in [0.15, 0.2) is 63.5 Å². The van der Waals surface area contributed by atoms with Crippen molar-refractivity contribution in [1.29, 1.82) is 0 Å². The number of esters is 1. The van der Waals surface area contributed by atoms with Crippen LogP contribution in [0, 0.1) is 5.92 Å². The van der Waals surface area contributed by atoms with Crippen molar-refractivity contribution in [3.63, 3.8) is 0 Å². The average Bonchev–Trinajstić information content (AvgIpc) is 3.03. The molecule has 2 aromatic rings. The summed E-state index contributed by atoms with van der Waals surface area (Å²) in [5.74, 6) is -0.203. The van der Waals surface area contributed by atoms with Gasteiger partial charge in [0.1, 0.15) is 0 Å². The number of nitrogens with zero attached hydrogens (tertiary/aromatic N) is 2. The lowest BCUT2D eigenvalue weighted by molar-refractivity contribution is -0.139. The summed E-state index contributed by atoms with van der Waals surface area (Å²) in [6, 6.07) is 9.44. The van der Waals surface area contributed by atoms with Crippen molar-refractivity contribution in [3.8, 4) is 0 Å². The highest BCUT2D eigenvalue weighted by Crippen LogP contribution is 2.37. The van der Waals surface area contributed by atoms with Gasteiger partial charge in [0.15, 0.2) is 4.80 Å². The van der Waals surface area contributed by atoms with E-state index in [0.29, 0.717) is 27.2 Å². The Hall–Kier alpha value is -2.73. The van der Waals surface area contributed by atoms with Gasteiger partial charge in [-0.2, -0.15) is 0 Å². The number of carbonyl (C=O) groups excluding carboxylic acids is 1. The van der Waals surface area contributed by atoms with Gasteiger partial charge in [0, 0.05) is 0 Å². The van der Waals surface area contributed by atoms with Gasteiger partial charge in [-0.05, 0) is 50.7 Å². The molecule has 0 unspecified atom stereocenters. The monoisotopic (exact) mass is 408 g/mol. The number of benzene rings is 1. The van der Waals surface area contributed by atoms with Crippen LogP contribution in [0.3, 0.4) is 0 Å². The molecule has 0 saturated heterocycles. The van der Waals surface area contributed by atoms with Crippen molar-refractivity contribution in [2.75, 3.05) is 6.61 Å². The fraction of sp³-hybridized carbons (Fsp3) is 0.348. The van der Waals surface area contributed by atoms with Crippen LogP contribution in [0.1, 0.15) is 44.7 Å². The lowest BCUT2D eigenvalue weighted by Crippen LogP contribution is -2.42. The lowest BCUT2D eigenvalue weighted by atomic mass is 9.82. The lowest BCUT2D eigenvalue weighted by Gasteiger charge is -2.32. The van der Waals surface area contributed by atoms with E-state index in [1.807, 2.05) is 43.3 Å². The van der Waals surface area contributed by atoms with Crippen molar-refractivity contribution < 1.29 is 9.53 Å². The number of ether oxygens (including phenoxy) is 1. The van der Waals surface area contributed by atoms with E-state index >= 15 is 0 Å². The summed E-state index contributed by atoms with van der Waals surface area (Å²) in [5.41, 5.74) is 2.05. The second kappa shape index (κ2) is 8.33. The Morgan fingerprint density at radius 1 is 1.31 bits per heavy atom. The smallest absolute Gasteiger partial charge is 0.337 e. The van der Waals surface area contributed by atoms with Crippen molar-refractivity contribution >= 4 is 23.4 Å². The molecular weight excluding hydrogens is 384 g/mol. The number of thiazole rings is 1. The summed E-state index contributed by atoms with van der Waals surface area (Å²) >= 11 is 1.38. The van der Waals surface area contributed by atoms with Gasteiger partial charge in [-0.25, -0.2) is 9.79 Å². The van der Waals surface area contributed by atoms with Crippen LogP contribution in [0.25, 0.3) is 6.08 Å². The summed E-state index contributed by atoms with van der Waals surface area (Å²) in [5, 5.41) is 0. The van der Waals surface area contributed by atoms with Crippen LogP contribution in [0.2, 0.25) is 0 Å². The minimum absolute atomic E-state index is 0.0912. The first-order chi connectivity index (χ1) is 14.1. The Morgan fingerprint density at radius 2 is 2.10 bits per heavy atom. The maximum absolute atomic E-state index is 13.4. The van der Waals surface area contributed by atoms with Gasteiger partial charge in [0.05, 0.1) is 28.5 Å². The van der Waals surface area contributed by atoms with Gasteiger partial charge >= 0.3 is 5.97 Å².